The first-order valence-electron chi connectivity index (χ1n) is 7.63. The fourth-order valence-electron chi connectivity index (χ4n) is 2.76. The summed E-state index contributed by atoms with van der Waals surface area (Å²) in [6.45, 7) is 4.58. The monoisotopic (exact) mass is 319 g/mol. The lowest BCUT2D eigenvalue weighted by molar-refractivity contribution is 0.297. The number of hydrogen-bond acceptors (Lipinski definition) is 5. The number of nitroso groups, excluding NO2 is 1. The second kappa shape index (κ2) is 8.37. The smallest absolute Gasteiger partial charge is 0.161 e. The number of hydrogen-bond donors (Lipinski definition) is 0. The van der Waals surface area contributed by atoms with Gasteiger partial charge in [-0.05, 0) is 36.5 Å². The lowest BCUT2D eigenvalue weighted by atomic mass is 9.69. The van der Waals surface area contributed by atoms with Crippen LogP contribution in [0.1, 0.15) is 32.3 Å². The number of methoxy groups -OCH3 is 2. The Balaban J connectivity index is 3.15. The van der Waals surface area contributed by atoms with Gasteiger partial charge in [0.2, 0.25) is 0 Å². The summed E-state index contributed by atoms with van der Waals surface area (Å²) in [6.07, 6.45) is 1.33. The third-order valence-electron chi connectivity index (χ3n) is 4.28. The zero-order valence-corrected chi connectivity index (χ0v) is 14.5. The summed E-state index contributed by atoms with van der Waals surface area (Å²) in [6, 6.07) is 8.08. The van der Waals surface area contributed by atoms with Gasteiger partial charge in [-0.1, -0.05) is 19.9 Å². The van der Waals surface area contributed by atoms with Gasteiger partial charge < -0.3 is 9.47 Å². The highest BCUT2D eigenvalue weighted by Gasteiger charge is 2.36. The van der Waals surface area contributed by atoms with Gasteiger partial charge in [-0.3, -0.25) is 5.01 Å². The second-order valence-electron chi connectivity index (χ2n) is 5.87. The van der Waals surface area contributed by atoms with Crippen LogP contribution in [0.25, 0.3) is 0 Å². The predicted molar refractivity (Wildman–Crippen MR) is 89.3 cm³/mol. The van der Waals surface area contributed by atoms with Gasteiger partial charge in [0.1, 0.15) is 0 Å². The van der Waals surface area contributed by atoms with E-state index in [4.69, 9.17) is 9.47 Å². The fraction of sp³-hybridized carbons (Fsp3) is 0.588. The van der Waals surface area contributed by atoms with Gasteiger partial charge in [0, 0.05) is 13.6 Å². The molecule has 0 saturated carbocycles. The first-order chi connectivity index (χ1) is 10.9. The van der Waals surface area contributed by atoms with E-state index in [1.54, 1.807) is 21.3 Å². The highest BCUT2D eigenvalue weighted by atomic mass is 16.5. The highest BCUT2D eigenvalue weighted by molar-refractivity contribution is 5.47. The Morgan fingerprint density at radius 1 is 1.30 bits per heavy atom. The van der Waals surface area contributed by atoms with Crippen LogP contribution in [0.15, 0.2) is 23.5 Å². The van der Waals surface area contributed by atoms with E-state index in [0.717, 1.165) is 5.56 Å². The van der Waals surface area contributed by atoms with E-state index in [9.17, 15) is 10.2 Å². The van der Waals surface area contributed by atoms with Crippen LogP contribution in [0.5, 0.6) is 11.5 Å². The van der Waals surface area contributed by atoms with Crippen molar-refractivity contribution in [3.8, 4) is 17.6 Å². The molecule has 0 spiro atoms. The van der Waals surface area contributed by atoms with Crippen molar-refractivity contribution in [2.75, 3.05) is 27.8 Å². The molecule has 0 amide bonds. The van der Waals surface area contributed by atoms with Crippen molar-refractivity contribution in [1.82, 2.24) is 5.01 Å². The normalized spacial score (nSPS) is 13.1. The third kappa shape index (κ3) is 4.13. The molecule has 6 nitrogen and oxygen atoms in total. The molecule has 0 radical (unpaired) electrons. The number of benzene rings is 1. The molecule has 0 aromatic heterocycles. The van der Waals surface area contributed by atoms with E-state index < -0.39 is 5.41 Å². The summed E-state index contributed by atoms with van der Waals surface area (Å²) in [5.41, 5.74) is 0.248. The Kier molecular flexibility index (Phi) is 6.83. The van der Waals surface area contributed by atoms with Crippen LogP contribution in [0, 0.1) is 22.2 Å². The Labute approximate surface area is 137 Å². The number of rotatable bonds is 9. The molecule has 126 valence electrons. The van der Waals surface area contributed by atoms with Crippen LogP contribution in [0.2, 0.25) is 0 Å². The first-order valence-corrected chi connectivity index (χ1v) is 7.63. The number of nitriles is 1. The molecule has 0 bridgehead atoms. The molecular formula is C17H25N3O3. The average molecular weight is 319 g/mol. The minimum atomic E-state index is -0.650. The second-order valence-corrected chi connectivity index (χ2v) is 5.87. The molecule has 0 aliphatic heterocycles. The minimum absolute atomic E-state index is 0.111. The first kappa shape index (κ1) is 18.8. The fourth-order valence-corrected chi connectivity index (χ4v) is 2.76. The number of ether oxygens (including phenoxy) is 2. The summed E-state index contributed by atoms with van der Waals surface area (Å²) < 4.78 is 10.6. The Hall–Kier alpha value is -2.29. The zero-order chi connectivity index (χ0) is 17.5. The quantitative estimate of drug-likeness (QED) is 0.514. The Bertz CT molecular complexity index is 569. The van der Waals surface area contributed by atoms with Crippen molar-refractivity contribution in [2.45, 2.75) is 32.1 Å². The summed E-state index contributed by atoms with van der Waals surface area (Å²) in [5.74, 6) is 1.36. The molecule has 0 aliphatic carbocycles. The van der Waals surface area contributed by atoms with Crippen LogP contribution >= 0.6 is 0 Å². The largest absolute Gasteiger partial charge is 0.493 e. The van der Waals surface area contributed by atoms with Crippen LogP contribution in [0.3, 0.4) is 0 Å². The Morgan fingerprint density at radius 3 is 2.43 bits per heavy atom. The van der Waals surface area contributed by atoms with Gasteiger partial charge >= 0.3 is 0 Å². The number of nitrogens with zero attached hydrogens (tertiary/aromatic N) is 3. The van der Waals surface area contributed by atoms with E-state index in [2.05, 4.69) is 11.4 Å². The molecule has 1 aromatic rings. The summed E-state index contributed by atoms with van der Waals surface area (Å²) in [7, 11) is 4.79. The van der Waals surface area contributed by atoms with Gasteiger partial charge in [0.15, 0.2) is 11.5 Å². The van der Waals surface area contributed by atoms with Crippen molar-refractivity contribution in [3.05, 3.63) is 28.7 Å². The molecule has 1 aromatic carbocycles. The van der Waals surface area contributed by atoms with Gasteiger partial charge in [0.25, 0.3) is 0 Å². The molecule has 0 N–H and O–H groups in total. The van der Waals surface area contributed by atoms with Crippen molar-refractivity contribution < 1.29 is 9.47 Å². The van der Waals surface area contributed by atoms with Gasteiger partial charge in [-0.2, -0.15) is 5.26 Å². The van der Waals surface area contributed by atoms with Crippen molar-refractivity contribution in [1.29, 1.82) is 5.26 Å². The van der Waals surface area contributed by atoms with E-state index in [-0.39, 0.29) is 5.92 Å². The SMILES string of the molecule is COc1ccc(C(C#N)(CCCN(C)N=O)C(C)C)cc1OC. The molecular weight excluding hydrogens is 294 g/mol. The van der Waals surface area contributed by atoms with Gasteiger partial charge in [0.05, 0.1) is 31.0 Å². The summed E-state index contributed by atoms with van der Waals surface area (Å²) in [5, 5.41) is 14.1. The molecule has 0 heterocycles. The lowest BCUT2D eigenvalue weighted by Gasteiger charge is -2.32. The van der Waals surface area contributed by atoms with Gasteiger partial charge in [-0.25, -0.2) is 0 Å². The van der Waals surface area contributed by atoms with E-state index >= 15 is 0 Å². The highest BCUT2D eigenvalue weighted by Crippen LogP contribution is 2.40. The van der Waals surface area contributed by atoms with Crippen molar-refractivity contribution in [2.24, 2.45) is 11.2 Å². The molecule has 6 heteroatoms. The van der Waals surface area contributed by atoms with E-state index in [0.29, 0.717) is 30.9 Å². The van der Waals surface area contributed by atoms with Crippen LogP contribution in [-0.4, -0.2) is 32.8 Å². The molecule has 1 unspecified atom stereocenters. The molecule has 0 fully saturated rings. The van der Waals surface area contributed by atoms with Crippen LogP contribution in [-0.2, 0) is 5.41 Å². The summed E-state index contributed by atoms with van der Waals surface area (Å²) in [4.78, 5) is 10.5. The van der Waals surface area contributed by atoms with E-state index in [1.807, 2.05) is 32.0 Å². The Morgan fingerprint density at radius 2 is 1.96 bits per heavy atom. The standard InChI is InChI=1S/C17H25N3O3/c1-13(2)17(12-18,9-6-10-20(3)19-21)14-7-8-15(22-4)16(11-14)23-5/h7-8,11,13H,6,9-10H2,1-5H3. The third-order valence-corrected chi connectivity index (χ3v) is 4.28. The van der Waals surface area contributed by atoms with Crippen LogP contribution < -0.4 is 9.47 Å². The predicted octanol–water partition coefficient (Wildman–Crippen LogP) is 3.51. The molecule has 1 atom stereocenters. The molecule has 0 aliphatic rings. The molecule has 23 heavy (non-hydrogen) atoms. The molecule has 0 saturated heterocycles. The maximum atomic E-state index is 10.5. The maximum Gasteiger partial charge on any atom is 0.161 e. The topological polar surface area (TPSA) is 74.9 Å². The van der Waals surface area contributed by atoms with E-state index in [1.165, 1.54) is 5.01 Å². The lowest BCUT2D eigenvalue weighted by Crippen LogP contribution is -2.31. The van der Waals surface area contributed by atoms with Crippen LogP contribution in [0.4, 0.5) is 0 Å². The maximum absolute atomic E-state index is 10.5. The van der Waals surface area contributed by atoms with Crippen molar-refractivity contribution in [3.63, 3.8) is 0 Å². The van der Waals surface area contributed by atoms with Gasteiger partial charge in [-0.15, -0.1) is 4.91 Å². The zero-order valence-electron chi connectivity index (χ0n) is 14.5. The average Bonchev–Trinajstić information content (AvgIpc) is 2.57. The minimum Gasteiger partial charge on any atom is -0.493 e. The van der Waals surface area contributed by atoms with Crippen molar-refractivity contribution >= 4 is 0 Å². The summed E-state index contributed by atoms with van der Waals surface area (Å²) >= 11 is 0. The molecule has 1 rings (SSSR count).